The summed E-state index contributed by atoms with van der Waals surface area (Å²) in [5, 5.41) is 17.4. The van der Waals surface area contributed by atoms with Crippen molar-refractivity contribution in [3.8, 4) is 0 Å². The molecule has 2 rings (SSSR count). The van der Waals surface area contributed by atoms with Crippen molar-refractivity contribution in [3.63, 3.8) is 0 Å². The number of carboxylic acid groups (broad SMARTS) is 1. The minimum atomic E-state index is -0.899. The lowest BCUT2D eigenvalue weighted by molar-refractivity contribution is -0.870. The molecular weight excluding hydrogens is 330 g/mol. The third-order valence-corrected chi connectivity index (χ3v) is 3.83. The highest BCUT2D eigenvalue weighted by molar-refractivity contribution is 6.09. The minimum Gasteiger partial charge on any atom is -0.481 e. The van der Waals surface area contributed by atoms with E-state index < -0.39 is 11.9 Å². The van der Waals surface area contributed by atoms with Crippen LogP contribution in [0.25, 0.3) is 0 Å². The average molecular weight is 358 g/mol. The van der Waals surface area contributed by atoms with Crippen molar-refractivity contribution in [1.29, 1.82) is 0 Å². The maximum Gasteiger partial charge on any atom is 0.310 e. The van der Waals surface area contributed by atoms with Crippen LogP contribution in [0.4, 0.5) is 0 Å². The van der Waals surface area contributed by atoms with Crippen molar-refractivity contribution >= 4 is 11.8 Å². The molecule has 0 saturated carbocycles. The minimum absolute atomic E-state index is 0.0972. The van der Waals surface area contributed by atoms with E-state index >= 15 is 0 Å². The average Bonchev–Trinajstić information content (AvgIpc) is 2.60. The Labute approximate surface area is 155 Å². The quantitative estimate of drug-likeness (QED) is 0.615. The van der Waals surface area contributed by atoms with Crippen LogP contribution in [0.3, 0.4) is 0 Å². The lowest BCUT2D eigenvalue weighted by Crippen LogP contribution is -2.36. The zero-order valence-corrected chi connectivity index (χ0v) is 15.8. The monoisotopic (exact) mass is 358 g/mol. The van der Waals surface area contributed by atoms with Crippen LogP contribution in [0.1, 0.15) is 34.3 Å². The van der Waals surface area contributed by atoms with Gasteiger partial charge in [0.05, 0.1) is 33.7 Å². The van der Waals surface area contributed by atoms with Crippen LogP contribution in [0.2, 0.25) is 0 Å². The second kappa shape index (κ2) is 9.85. The third kappa shape index (κ3) is 7.17. The lowest BCUT2D eigenvalue weighted by atomic mass is 9.96. The topological polar surface area (TPSA) is 74.6 Å². The van der Waals surface area contributed by atoms with Gasteiger partial charge in [-0.25, -0.2) is 0 Å². The van der Waals surface area contributed by atoms with E-state index in [1.807, 2.05) is 6.07 Å². The Morgan fingerprint density at radius 2 is 1.54 bits per heavy atom. The van der Waals surface area contributed by atoms with Gasteiger partial charge in [-0.05, 0) is 18.6 Å². The second-order valence-electron chi connectivity index (χ2n) is 7.12. The predicted molar refractivity (Wildman–Crippen MR) is 102 cm³/mol. The van der Waals surface area contributed by atoms with Crippen molar-refractivity contribution in [2.24, 2.45) is 0 Å². The molecule has 0 aliphatic carbocycles. The molecule has 0 aliphatic rings. The summed E-state index contributed by atoms with van der Waals surface area (Å²) in [6.45, 7) is 2.72. The molecule has 0 unspecified atom stereocenters. The van der Waals surface area contributed by atoms with Crippen molar-refractivity contribution in [1.82, 2.24) is 0 Å². The molecule has 0 saturated heterocycles. The summed E-state index contributed by atoms with van der Waals surface area (Å²) in [4.78, 5) is 23.2. The molecule has 0 spiro atoms. The van der Waals surface area contributed by atoms with Gasteiger partial charge in [0.2, 0.25) is 0 Å². The molecular formula is C21H28NO4+. The zero-order chi connectivity index (χ0) is 19.7. The number of ketones is 1. The third-order valence-electron chi connectivity index (χ3n) is 3.83. The number of rotatable bonds is 6. The number of carbonyl (C=O) groups excluding carboxylic acids is 1. The fraction of sp³-hybridized carbons (Fsp3) is 0.333. The molecule has 0 radical (unpaired) electrons. The number of quaternary nitrogens is 1. The van der Waals surface area contributed by atoms with Crippen LogP contribution in [0.15, 0.2) is 54.6 Å². The van der Waals surface area contributed by atoms with Crippen LogP contribution >= 0.6 is 0 Å². The Kier molecular flexibility index (Phi) is 8.16. The number of hydrogen-bond donors (Lipinski definition) is 2. The molecule has 0 fully saturated rings. The molecule has 26 heavy (non-hydrogen) atoms. The first kappa shape index (κ1) is 21.5. The zero-order valence-electron chi connectivity index (χ0n) is 15.8. The Bertz CT molecular complexity index is 720. The summed E-state index contributed by atoms with van der Waals surface area (Å²) >= 11 is 0. The number of aliphatic carboxylic acids is 1. The van der Waals surface area contributed by atoms with Crippen molar-refractivity contribution in [2.45, 2.75) is 12.8 Å². The fourth-order valence-electron chi connectivity index (χ4n) is 2.15. The van der Waals surface area contributed by atoms with Gasteiger partial charge in [-0.2, -0.15) is 0 Å². The number of nitrogens with zero attached hydrogens (tertiary/aromatic N) is 1. The van der Waals surface area contributed by atoms with Gasteiger partial charge in [0.15, 0.2) is 5.78 Å². The number of benzene rings is 2. The number of hydrogen-bond acceptors (Lipinski definition) is 3. The van der Waals surface area contributed by atoms with E-state index in [9.17, 15) is 9.59 Å². The highest BCUT2D eigenvalue weighted by Crippen LogP contribution is 2.18. The molecule has 140 valence electrons. The largest absolute Gasteiger partial charge is 0.481 e. The lowest BCUT2D eigenvalue weighted by Gasteiger charge is -2.21. The Morgan fingerprint density at radius 1 is 0.962 bits per heavy atom. The maximum absolute atomic E-state index is 12.2. The molecule has 0 amide bonds. The number of aliphatic hydroxyl groups is 1. The van der Waals surface area contributed by atoms with E-state index in [-0.39, 0.29) is 12.4 Å². The van der Waals surface area contributed by atoms with Crippen LogP contribution in [0, 0.1) is 0 Å². The Balaban J connectivity index is 0.000000412. The maximum atomic E-state index is 12.2. The van der Waals surface area contributed by atoms with Crippen LogP contribution in [0.5, 0.6) is 0 Å². The first-order chi connectivity index (χ1) is 12.2. The molecule has 2 N–H and O–H groups in total. The van der Waals surface area contributed by atoms with Crippen LogP contribution < -0.4 is 0 Å². The van der Waals surface area contributed by atoms with Crippen molar-refractivity contribution in [3.05, 3.63) is 71.3 Å². The summed E-state index contributed by atoms with van der Waals surface area (Å²) in [5.41, 5.74) is 1.74. The standard InChI is InChI=1S/C16H14O3.C5H14NO/c1-11(16(18)19)13-8-5-9-14(10-13)15(17)12-6-3-2-4-7-12;1-6(2,3)4-5-7/h2-11H,1H3,(H,18,19);7H,4-5H2,1-3H3/q;+1/t11-;/m0./s1. The highest BCUT2D eigenvalue weighted by Gasteiger charge is 2.16. The SMILES string of the molecule is C[C@H](C(=O)O)c1cccc(C(=O)c2ccccc2)c1.C[N+](C)(C)CCO. The molecule has 0 aromatic heterocycles. The van der Waals surface area contributed by atoms with E-state index in [1.165, 1.54) is 0 Å². The van der Waals surface area contributed by atoms with Gasteiger partial charge in [-0.3, -0.25) is 9.59 Å². The van der Waals surface area contributed by atoms with Gasteiger partial charge < -0.3 is 14.7 Å². The summed E-state index contributed by atoms with van der Waals surface area (Å²) in [5.74, 6) is -1.62. The first-order valence-corrected chi connectivity index (χ1v) is 8.49. The number of carbonyl (C=O) groups is 2. The van der Waals surface area contributed by atoms with Gasteiger partial charge in [-0.1, -0.05) is 48.5 Å². The molecule has 2 aromatic carbocycles. The van der Waals surface area contributed by atoms with Crippen LogP contribution in [-0.4, -0.2) is 60.7 Å². The Morgan fingerprint density at radius 3 is 2.00 bits per heavy atom. The first-order valence-electron chi connectivity index (χ1n) is 8.49. The summed E-state index contributed by atoms with van der Waals surface area (Å²) in [6.07, 6.45) is 0. The van der Waals surface area contributed by atoms with Gasteiger partial charge in [0, 0.05) is 11.1 Å². The molecule has 0 aliphatic heterocycles. The van der Waals surface area contributed by atoms with E-state index in [0.29, 0.717) is 16.7 Å². The molecule has 1 atom stereocenters. The summed E-state index contributed by atoms with van der Waals surface area (Å²) < 4.78 is 0.844. The fourth-order valence-corrected chi connectivity index (χ4v) is 2.15. The summed E-state index contributed by atoms with van der Waals surface area (Å²) in [6, 6.07) is 15.7. The molecule has 0 heterocycles. The number of carboxylic acids is 1. The normalized spacial score (nSPS) is 11.9. The van der Waals surface area contributed by atoms with Crippen LogP contribution in [-0.2, 0) is 4.79 Å². The predicted octanol–water partition coefficient (Wildman–Crippen LogP) is 2.79. The van der Waals surface area contributed by atoms with Crippen molar-refractivity contribution < 1.29 is 24.3 Å². The van der Waals surface area contributed by atoms with Gasteiger partial charge in [0.1, 0.15) is 6.54 Å². The van der Waals surface area contributed by atoms with E-state index in [2.05, 4.69) is 21.1 Å². The van der Waals surface area contributed by atoms with Gasteiger partial charge in [-0.15, -0.1) is 0 Å². The van der Waals surface area contributed by atoms with E-state index in [4.69, 9.17) is 10.2 Å². The number of aliphatic hydroxyl groups excluding tert-OH is 1. The van der Waals surface area contributed by atoms with Crippen molar-refractivity contribution in [2.75, 3.05) is 34.3 Å². The highest BCUT2D eigenvalue weighted by atomic mass is 16.4. The molecule has 2 aromatic rings. The van der Waals surface area contributed by atoms with Gasteiger partial charge >= 0.3 is 5.97 Å². The summed E-state index contributed by atoms with van der Waals surface area (Å²) in [7, 11) is 6.16. The number of likely N-dealkylation sites (N-methyl/N-ethyl adjacent to an activating group) is 1. The van der Waals surface area contributed by atoms with Gasteiger partial charge in [0.25, 0.3) is 0 Å². The molecule has 5 nitrogen and oxygen atoms in total. The molecule has 5 heteroatoms. The molecule has 0 bridgehead atoms. The van der Waals surface area contributed by atoms with E-state index in [1.54, 1.807) is 55.5 Å². The second-order valence-corrected chi connectivity index (χ2v) is 7.12. The van der Waals surface area contributed by atoms with E-state index in [0.717, 1.165) is 11.0 Å². The smallest absolute Gasteiger partial charge is 0.310 e. The Hall–Kier alpha value is -2.50.